The Hall–Kier alpha value is -0.710. The highest BCUT2D eigenvalue weighted by Crippen LogP contribution is 2.25. The summed E-state index contributed by atoms with van der Waals surface area (Å²) in [4.78, 5) is 13.1. The van der Waals surface area contributed by atoms with Gasteiger partial charge in [-0.3, -0.25) is 4.79 Å². The predicted octanol–water partition coefficient (Wildman–Crippen LogP) is 3.37. The van der Waals surface area contributed by atoms with Gasteiger partial charge in [-0.05, 0) is 49.0 Å². The molecule has 1 aromatic rings. The van der Waals surface area contributed by atoms with E-state index in [1.54, 1.807) is 11.8 Å². The van der Waals surface area contributed by atoms with Gasteiger partial charge >= 0.3 is 0 Å². The number of benzene rings is 1. The molecule has 0 saturated carbocycles. The van der Waals surface area contributed by atoms with Crippen molar-refractivity contribution in [2.75, 3.05) is 18.8 Å². The van der Waals surface area contributed by atoms with Crippen molar-refractivity contribution in [1.29, 1.82) is 0 Å². The third-order valence-electron chi connectivity index (χ3n) is 3.79. The lowest BCUT2D eigenvalue weighted by Crippen LogP contribution is -2.43. The van der Waals surface area contributed by atoms with E-state index in [1.165, 1.54) is 5.56 Å². The van der Waals surface area contributed by atoms with Crippen LogP contribution in [0.4, 0.5) is 0 Å². The maximum absolute atomic E-state index is 12.0. The number of hydrogen-bond acceptors (Lipinski definition) is 3. The van der Waals surface area contributed by atoms with Gasteiger partial charge in [-0.2, -0.15) is 0 Å². The van der Waals surface area contributed by atoms with Gasteiger partial charge in [0.1, 0.15) is 0 Å². The Kier molecular flexibility index (Phi) is 7.74. The standard InChI is InChI=1S/C17H26N2OS.ClH/c1-17(2,3)13-4-6-15(7-5-13)21-12-16(20)19-14-8-10-18-11-9-14;/h4-7,14,18H,8-12H2,1-3H3,(H,19,20);1H. The average molecular weight is 343 g/mol. The molecule has 3 nitrogen and oxygen atoms in total. The molecule has 2 rings (SSSR count). The summed E-state index contributed by atoms with van der Waals surface area (Å²) >= 11 is 1.61. The number of rotatable bonds is 4. The summed E-state index contributed by atoms with van der Waals surface area (Å²) in [6.45, 7) is 8.64. The Morgan fingerprint density at radius 3 is 2.36 bits per heavy atom. The number of halogens is 1. The number of carbonyl (C=O) groups excluding carboxylic acids is 1. The van der Waals surface area contributed by atoms with E-state index in [9.17, 15) is 4.79 Å². The van der Waals surface area contributed by atoms with Crippen LogP contribution in [0.2, 0.25) is 0 Å². The molecule has 0 radical (unpaired) electrons. The molecule has 1 heterocycles. The fraction of sp³-hybridized carbons (Fsp3) is 0.588. The molecule has 22 heavy (non-hydrogen) atoms. The normalized spacial score (nSPS) is 16.0. The van der Waals surface area contributed by atoms with Gasteiger partial charge in [0.05, 0.1) is 5.75 Å². The van der Waals surface area contributed by atoms with Gasteiger partial charge in [0.25, 0.3) is 0 Å². The van der Waals surface area contributed by atoms with Crippen LogP contribution in [0.1, 0.15) is 39.2 Å². The molecular formula is C17H27ClN2OS. The van der Waals surface area contributed by atoms with Crippen molar-refractivity contribution in [2.24, 2.45) is 0 Å². The highest BCUT2D eigenvalue weighted by atomic mass is 35.5. The van der Waals surface area contributed by atoms with Gasteiger partial charge in [0.2, 0.25) is 5.91 Å². The van der Waals surface area contributed by atoms with E-state index >= 15 is 0 Å². The highest BCUT2D eigenvalue weighted by Gasteiger charge is 2.16. The SMILES string of the molecule is CC(C)(C)c1ccc(SCC(=O)NC2CCNCC2)cc1.Cl. The molecule has 0 aromatic heterocycles. The van der Waals surface area contributed by atoms with Crippen LogP contribution in [0.25, 0.3) is 0 Å². The molecule has 0 unspecified atom stereocenters. The minimum absolute atomic E-state index is 0. The van der Waals surface area contributed by atoms with E-state index in [-0.39, 0.29) is 23.7 Å². The Morgan fingerprint density at radius 2 is 1.82 bits per heavy atom. The second-order valence-electron chi connectivity index (χ2n) is 6.65. The average Bonchev–Trinajstić information content (AvgIpc) is 2.46. The van der Waals surface area contributed by atoms with Crippen molar-refractivity contribution >= 4 is 30.1 Å². The van der Waals surface area contributed by atoms with E-state index in [4.69, 9.17) is 0 Å². The molecule has 1 aliphatic rings. The van der Waals surface area contributed by atoms with Crippen LogP contribution in [0.15, 0.2) is 29.2 Å². The summed E-state index contributed by atoms with van der Waals surface area (Å²) in [7, 11) is 0. The van der Waals surface area contributed by atoms with Gasteiger partial charge in [0.15, 0.2) is 0 Å². The number of thioether (sulfide) groups is 1. The van der Waals surface area contributed by atoms with Crippen molar-refractivity contribution < 1.29 is 4.79 Å². The molecule has 2 N–H and O–H groups in total. The minimum Gasteiger partial charge on any atom is -0.353 e. The van der Waals surface area contributed by atoms with Gasteiger partial charge in [-0.15, -0.1) is 24.2 Å². The molecule has 0 spiro atoms. The summed E-state index contributed by atoms with van der Waals surface area (Å²) in [6, 6.07) is 8.90. The van der Waals surface area contributed by atoms with Crippen LogP contribution < -0.4 is 10.6 Å². The fourth-order valence-corrected chi connectivity index (χ4v) is 3.15. The topological polar surface area (TPSA) is 41.1 Å². The molecule has 1 aliphatic heterocycles. The Bertz CT molecular complexity index is 465. The Morgan fingerprint density at radius 1 is 1.23 bits per heavy atom. The first-order valence-corrected chi connectivity index (χ1v) is 8.67. The van der Waals surface area contributed by atoms with E-state index in [0.29, 0.717) is 11.8 Å². The Labute approximate surface area is 144 Å². The molecule has 1 fully saturated rings. The van der Waals surface area contributed by atoms with Crippen molar-refractivity contribution in [3.63, 3.8) is 0 Å². The maximum Gasteiger partial charge on any atom is 0.230 e. The lowest BCUT2D eigenvalue weighted by atomic mass is 9.87. The maximum atomic E-state index is 12.0. The Balaban J connectivity index is 0.00000242. The molecule has 1 aromatic carbocycles. The lowest BCUT2D eigenvalue weighted by molar-refractivity contribution is -0.119. The zero-order chi connectivity index (χ0) is 15.3. The van der Waals surface area contributed by atoms with Crippen LogP contribution in [0, 0.1) is 0 Å². The van der Waals surface area contributed by atoms with Crippen LogP contribution in [-0.4, -0.2) is 30.8 Å². The molecule has 1 saturated heterocycles. The molecule has 1 amide bonds. The monoisotopic (exact) mass is 342 g/mol. The quantitative estimate of drug-likeness (QED) is 0.824. The summed E-state index contributed by atoms with van der Waals surface area (Å²) in [5.74, 6) is 0.644. The summed E-state index contributed by atoms with van der Waals surface area (Å²) < 4.78 is 0. The summed E-state index contributed by atoms with van der Waals surface area (Å²) in [5.41, 5.74) is 1.50. The van der Waals surface area contributed by atoms with E-state index in [2.05, 4.69) is 55.7 Å². The van der Waals surface area contributed by atoms with E-state index < -0.39 is 0 Å². The number of carbonyl (C=O) groups is 1. The van der Waals surface area contributed by atoms with Crippen molar-refractivity contribution in [3.8, 4) is 0 Å². The first-order valence-electron chi connectivity index (χ1n) is 7.68. The summed E-state index contributed by atoms with van der Waals surface area (Å²) in [5, 5.41) is 6.43. The highest BCUT2D eigenvalue weighted by molar-refractivity contribution is 8.00. The smallest absolute Gasteiger partial charge is 0.230 e. The van der Waals surface area contributed by atoms with Crippen molar-refractivity contribution in [2.45, 2.75) is 50.0 Å². The fourth-order valence-electron chi connectivity index (χ4n) is 2.44. The van der Waals surface area contributed by atoms with Gasteiger partial charge in [-0.1, -0.05) is 32.9 Å². The van der Waals surface area contributed by atoms with Crippen LogP contribution in [0.5, 0.6) is 0 Å². The van der Waals surface area contributed by atoms with Gasteiger partial charge in [0, 0.05) is 10.9 Å². The van der Waals surface area contributed by atoms with Crippen LogP contribution in [0.3, 0.4) is 0 Å². The molecular weight excluding hydrogens is 316 g/mol. The number of amides is 1. The van der Waals surface area contributed by atoms with Gasteiger partial charge in [-0.25, -0.2) is 0 Å². The first kappa shape index (κ1) is 19.3. The molecule has 5 heteroatoms. The zero-order valence-electron chi connectivity index (χ0n) is 13.6. The molecule has 0 bridgehead atoms. The lowest BCUT2D eigenvalue weighted by Gasteiger charge is -2.23. The van der Waals surface area contributed by atoms with E-state index in [1.807, 2.05) is 0 Å². The minimum atomic E-state index is 0. The number of nitrogens with one attached hydrogen (secondary N) is 2. The summed E-state index contributed by atoms with van der Waals surface area (Å²) in [6.07, 6.45) is 2.08. The number of hydrogen-bond donors (Lipinski definition) is 2. The van der Waals surface area contributed by atoms with Crippen molar-refractivity contribution in [1.82, 2.24) is 10.6 Å². The van der Waals surface area contributed by atoms with Crippen molar-refractivity contribution in [3.05, 3.63) is 29.8 Å². The molecule has 124 valence electrons. The third-order valence-corrected chi connectivity index (χ3v) is 4.81. The molecule has 0 aliphatic carbocycles. The predicted molar refractivity (Wildman–Crippen MR) is 97.1 cm³/mol. The zero-order valence-corrected chi connectivity index (χ0v) is 15.3. The second kappa shape index (κ2) is 8.80. The van der Waals surface area contributed by atoms with E-state index in [0.717, 1.165) is 30.8 Å². The van der Waals surface area contributed by atoms with Gasteiger partial charge < -0.3 is 10.6 Å². The second-order valence-corrected chi connectivity index (χ2v) is 7.70. The van der Waals surface area contributed by atoms with Crippen LogP contribution >= 0.6 is 24.2 Å². The largest absolute Gasteiger partial charge is 0.353 e. The molecule has 0 atom stereocenters. The number of piperidine rings is 1. The van der Waals surface area contributed by atoms with Crippen LogP contribution in [-0.2, 0) is 10.2 Å². The first-order chi connectivity index (χ1) is 9.95. The third kappa shape index (κ3) is 6.19.